The summed E-state index contributed by atoms with van der Waals surface area (Å²) in [6.07, 6.45) is 3.96. The first-order valence-electron chi connectivity index (χ1n) is 6.91. The van der Waals surface area contributed by atoms with Crippen molar-refractivity contribution in [1.82, 2.24) is 4.98 Å². The smallest absolute Gasteiger partial charge is 0.143 e. The molecule has 23 heavy (non-hydrogen) atoms. The standard InChI is InChI=1S/C18H13Br2NOS/c1-11-2-5-13(6-3-11)16-10-23-17(21-16)7-4-12-8-14(19)18(22)15(20)9-12/h2-10,22H,1H3/b7-4+. The van der Waals surface area contributed by atoms with Gasteiger partial charge in [-0.05, 0) is 62.6 Å². The number of hydrogen-bond donors (Lipinski definition) is 1. The zero-order valence-electron chi connectivity index (χ0n) is 12.3. The van der Waals surface area contributed by atoms with Crippen molar-refractivity contribution in [1.29, 1.82) is 0 Å². The molecule has 1 heterocycles. The Bertz CT molecular complexity index is 846. The molecule has 0 amide bonds. The monoisotopic (exact) mass is 449 g/mol. The molecule has 0 aliphatic rings. The van der Waals surface area contributed by atoms with Crippen LogP contribution in [-0.4, -0.2) is 10.1 Å². The molecular formula is C18H13Br2NOS. The molecule has 1 N–H and O–H groups in total. The summed E-state index contributed by atoms with van der Waals surface area (Å²) in [5.74, 6) is 0.207. The Morgan fingerprint density at radius 2 is 1.70 bits per heavy atom. The number of halogens is 2. The fourth-order valence-corrected chi connectivity index (χ4v) is 4.01. The topological polar surface area (TPSA) is 33.1 Å². The largest absolute Gasteiger partial charge is 0.506 e. The summed E-state index contributed by atoms with van der Waals surface area (Å²) < 4.78 is 1.32. The average Bonchev–Trinajstić information content (AvgIpc) is 3.00. The number of aromatic hydroxyl groups is 1. The first-order chi connectivity index (χ1) is 11.0. The molecule has 1 aromatic heterocycles. The van der Waals surface area contributed by atoms with Crippen molar-refractivity contribution in [3.8, 4) is 17.0 Å². The average molecular weight is 451 g/mol. The summed E-state index contributed by atoms with van der Waals surface area (Å²) >= 11 is 8.28. The minimum Gasteiger partial charge on any atom is -0.506 e. The lowest BCUT2D eigenvalue weighted by Gasteiger charge is -2.01. The molecule has 3 rings (SSSR count). The van der Waals surface area contributed by atoms with Gasteiger partial charge < -0.3 is 5.11 Å². The third kappa shape index (κ3) is 3.91. The van der Waals surface area contributed by atoms with E-state index in [4.69, 9.17) is 0 Å². The van der Waals surface area contributed by atoms with Crippen LogP contribution in [0.3, 0.4) is 0 Å². The van der Waals surface area contributed by atoms with Crippen molar-refractivity contribution in [3.05, 3.63) is 66.9 Å². The second-order valence-corrected chi connectivity index (χ2v) is 7.70. The molecule has 0 radical (unpaired) electrons. The van der Waals surface area contributed by atoms with E-state index in [1.807, 2.05) is 24.3 Å². The lowest BCUT2D eigenvalue weighted by Crippen LogP contribution is -1.79. The van der Waals surface area contributed by atoms with E-state index in [2.05, 4.69) is 73.4 Å². The summed E-state index contributed by atoms with van der Waals surface area (Å²) in [5, 5.41) is 12.7. The molecule has 5 heteroatoms. The Morgan fingerprint density at radius 3 is 2.35 bits per heavy atom. The van der Waals surface area contributed by atoms with E-state index in [0.29, 0.717) is 8.95 Å². The van der Waals surface area contributed by atoms with Crippen LogP contribution < -0.4 is 0 Å². The first kappa shape index (κ1) is 16.4. The quantitative estimate of drug-likeness (QED) is 0.492. The summed E-state index contributed by atoms with van der Waals surface area (Å²) in [7, 11) is 0. The number of hydrogen-bond acceptors (Lipinski definition) is 3. The van der Waals surface area contributed by atoms with Crippen LogP contribution in [0.15, 0.2) is 50.7 Å². The van der Waals surface area contributed by atoms with Crippen LogP contribution in [-0.2, 0) is 0 Å². The van der Waals surface area contributed by atoms with Crippen LogP contribution in [0.4, 0.5) is 0 Å². The number of rotatable bonds is 3. The summed E-state index contributed by atoms with van der Waals surface area (Å²) in [6.45, 7) is 2.08. The van der Waals surface area contributed by atoms with E-state index in [1.54, 1.807) is 11.3 Å². The van der Waals surface area contributed by atoms with E-state index >= 15 is 0 Å². The van der Waals surface area contributed by atoms with E-state index in [-0.39, 0.29) is 5.75 Å². The molecule has 0 unspecified atom stereocenters. The van der Waals surface area contributed by atoms with Gasteiger partial charge in [-0.2, -0.15) is 0 Å². The van der Waals surface area contributed by atoms with Gasteiger partial charge in [-0.25, -0.2) is 4.98 Å². The van der Waals surface area contributed by atoms with Crippen molar-refractivity contribution in [2.45, 2.75) is 6.92 Å². The van der Waals surface area contributed by atoms with Crippen LogP contribution in [0.1, 0.15) is 16.1 Å². The molecule has 2 nitrogen and oxygen atoms in total. The Labute approximate surface area is 155 Å². The normalized spacial score (nSPS) is 11.3. The van der Waals surface area contributed by atoms with Crippen molar-refractivity contribution >= 4 is 55.3 Å². The molecule has 0 aliphatic heterocycles. The van der Waals surface area contributed by atoms with Crippen LogP contribution in [0, 0.1) is 6.92 Å². The molecule has 0 aliphatic carbocycles. The van der Waals surface area contributed by atoms with Gasteiger partial charge >= 0.3 is 0 Å². The Hall–Kier alpha value is -1.43. The first-order valence-corrected chi connectivity index (χ1v) is 9.38. The van der Waals surface area contributed by atoms with Crippen molar-refractivity contribution < 1.29 is 5.11 Å². The number of benzene rings is 2. The van der Waals surface area contributed by atoms with Gasteiger partial charge in [-0.1, -0.05) is 35.9 Å². The number of nitrogens with zero attached hydrogens (tertiary/aromatic N) is 1. The predicted octanol–water partition coefficient (Wildman–Crippen LogP) is 6.52. The van der Waals surface area contributed by atoms with Crippen molar-refractivity contribution in [2.75, 3.05) is 0 Å². The molecule has 0 spiro atoms. The van der Waals surface area contributed by atoms with Gasteiger partial charge in [0.15, 0.2) is 0 Å². The molecule has 0 saturated heterocycles. The van der Waals surface area contributed by atoms with Crippen LogP contribution in [0.25, 0.3) is 23.4 Å². The number of phenols is 1. The van der Waals surface area contributed by atoms with Crippen molar-refractivity contribution in [2.24, 2.45) is 0 Å². The summed E-state index contributed by atoms with van der Waals surface area (Å²) in [5.41, 5.74) is 4.34. The Morgan fingerprint density at radius 1 is 1.04 bits per heavy atom. The van der Waals surface area contributed by atoms with Gasteiger partial charge in [-0.3, -0.25) is 0 Å². The predicted molar refractivity (Wildman–Crippen MR) is 105 cm³/mol. The van der Waals surface area contributed by atoms with Gasteiger partial charge in [0.05, 0.1) is 14.6 Å². The van der Waals surface area contributed by atoms with Crippen LogP contribution >= 0.6 is 43.2 Å². The highest BCUT2D eigenvalue weighted by atomic mass is 79.9. The lowest BCUT2D eigenvalue weighted by molar-refractivity contribution is 0.468. The van der Waals surface area contributed by atoms with Crippen LogP contribution in [0.2, 0.25) is 0 Å². The van der Waals surface area contributed by atoms with Crippen LogP contribution in [0.5, 0.6) is 5.75 Å². The fourth-order valence-electron chi connectivity index (χ4n) is 2.07. The summed E-state index contributed by atoms with van der Waals surface area (Å²) in [6, 6.07) is 12.1. The summed E-state index contributed by atoms with van der Waals surface area (Å²) in [4.78, 5) is 4.65. The zero-order chi connectivity index (χ0) is 16.4. The van der Waals surface area contributed by atoms with E-state index < -0.39 is 0 Å². The maximum absolute atomic E-state index is 9.74. The third-order valence-electron chi connectivity index (χ3n) is 3.33. The highest BCUT2D eigenvalue weighted by Gasteiger charge is 2.05. The van der Waals surface area contributed by atoms with Gasteiger partial charge in [0.2, 0.25) is 0 Å². The number of phenolic OH excluding ortho intramolecular Hbond substituents is 1. The third-order valence-corrected chi connectivity index (χ3v) is 5.35. The highest BCUT2D eigenvalue weighted by Crippen LogP contribution is 2.34. The Kier molecular flexibility index (Phi) is 4.99. The zero-order valence-corrected chi connectivity index (χ0v) is 16.2. The molecular weight excluding hydrogens is 438 g/mol. The maximum Gasteiger partial charge on any atom is 0.143 e. The number of thiazole rings is 1. The number of aryl methyl sites for hydroxylation is 1. The molecule has 116 valence electrons. The second-order valence-electron chi connectivity index (χ2n) is 5.10. The van der Waals surface area contributed by atoms with Gasteiger partial charge in [0.1, 0.15) is 10.8 Å². The second kappa shape index (κ2) is 6.99. The van der Waals surface area contributed by atoms with Crippen molar-refractivity contribution in [3.63, 3.8) is 0 Å². The van der Waals surface area contributed by atoms with E-state index in [9.17, 15) is 5.11 Å². The molecule has 2 aromatic carbocycles. The number of aromatic nitrogens is 1. The minimum absolute atomic E-state index is 0.207. The Balaban J connectivity index is 1.82. The maximum atomic E-state index is 9.74. The van der Waals surface area contributed by atoms with Gasteiger partial charge in [0, 0.05) is 10.9 Å². The van der Waals surface area contributed by atoms with Gasteiger partial charge in [0.25, 0.3) is 0 Å². The lowest BCUT2D eigenvalue weighted by atomic mass is 10.1. The molecule has 0 bridgehead atoms. The molecule has 0 saturated carbocycles. The molecule has 3 aromatic rings. The highest BCUT2D eigenvalue weighted by molar-refractivity contribution is 9.11. The fraction of sp³-hybridized carbons (Fsp3) is 0.0556. The SMILES string of the molecule is Cc1ccc(-c2csc(/C=C/c3cc(Br)c(O)c(Br)c3)n2)cc1. The van der Waals surface area contributed by atoms with Gasteiger partial charge in [-0.15, -0.1) is 11.3 Å². The molecule has 0 fully saturated rings. The molecule has 0 atom stereocenters. The van der Waals surface area contributed by atoms with E-state index in [1.165, 1.54) is 5.56 Å². The minimum atomic E-state index is 0.207. The van der Waals surface area contributed by atoms with E-state index in [0.717, 1.165) is 21.8 Å².